The fourth-order valence-corrected chi connectivity index (χ4v) is 2.40. The zero-order chi connectivity index (χ0) is 14.2. The molecule has 0 spiro atoms. The highest BCUT2D eigenvalue weighted by molar-refractivity contribution is 5.46. The number of nitrogens with one attached hydrogen (secondary N) is 1. The van der Waals surface area contributed by atoms with Crippen LogP contribution in [0.4, 0.5) is 0 Å². The second kappa shape index (κ2) is 8.00. The molecule has 2 aliphatic rings. The number of methoxy groups -OCH3 is 1. The third kappa shape index (κ3) is 4.60. The zero-order valence-corrected chi connectivity index (χ0v) is 12.0. The van der Waals surface area contributed by atoms with E-state index in [9.17, 15) is 5.11 Å². The van der Waals surface area contributed by atoms with Gasteiger partial charge in [-0.25, -0.2) is 0 Å². The number of hydrogen-bond acceptors (Lipinski definition) is 3. The Balaban J connectivity index is 2.04. The molecule has 2 N–H and O–H groups in total. The molecule has 1 unspecified atom stereocenters. The minimum atomic E-state index is -0.450. The van der Waals surface area contributed by atoms with Gasteiger partial charge < -0.3 is 15.2 Å². The number of aliphatic hydroxyl groups is 1. The maximum absolute atomic E-state index is 9.82. The number of aliphatic hydroxyl groups excluding tert-OH is 1. The predicted octanol–water partition coefficient (Wildman–Crippen LogP) is 2.28. The molecule has 0 radical (unpaired) electrons. The normalized spacial score (nSPS) is 29.0. The summed E-state index contributed by atoms with van der Waals surface area (Å²) in [6.45, 7) is 2.35. The molecule has 3 heteroatoms. The van der Waals surface area contributed by atoms with Gasteiger partial charge in [-0.2, -0.15) is 0 Å². The molecular formula is C17H23NO2. The van der Waals surface area contributed by atoms with Crippen LogP contribution in [-0.4, -0.2) is 38.0 Å². The van der Waals surface area contributed by atoms with Crippen LogP contribution in [-0.2, 0) is 4.74 Å². The quantitative estimate of drug-likeness (QED) is 0.807. The number of rotatable bonds is 5. The minimum absolute atomic E-state index is 0.369. The third-order valence-corrected chi connectivity index (χ3v) is 3.44. The van der Waals surface area contributed by atoms with Gasteiger partial charge >= 0.3 is 0 Å². The van der Waals surface area contributed by atoms with Gasteiger partial charge in [0, 0.05) is 20.1 Å². The van der Waals surface area contributed by atoms with Gasteiger partial charge in [0.2, 0.25) is 0 Å². The van der Waals surface area contributed by atoms with E-state index in [0.29, 0.717) is 13.0 Å². The van der Waals surface area contributed by atoms with E-state index in [2.05, 4.69) is 35.7 Å². The van der Waals surface area contributed by atoms with Crippen molar-refractivity contribution in [3.05, 3.63) is 59.3 Å². The highest BCUT2D eigenvalue weighted by atomic mass is 16.5. The molecule has 0 aromatic carbocycles. The SMILES string of the molecule is COCC(O)CC1=C\C=C\C=C(C2=CCNCC2)/C=C\1. The first-order valence-electron chi connectivity index (χ1n) is 7.12. The van der Waals surface area contributed by atoms with Gasteiger partial charge in [-0.15, -0.1) is 0 Å². The average molecular weight is 273 g/mol. The number of allylic oxidation sites excluding steroid dienone is 7. The molecular weight excluding hydrogens is 250 g/mol. The lowest BCUT2D eigenvalue weighted by Crippen LogP contribution is -2.20. The van der Waals surface area contributed by atoms with Crippen LogP contribution in [0.1, 0.15) is 12.8 Å². The van der Waals surface area contributed by atoms with Crippen LogP contribution in [0.5, 0.6) is 0 Å². The van der Waals surface area contributed by atoms with E-state index in [1.54, 1.807) is 7.11 Å². The van der Waals surface area contributed by atoms with E-state index in [4.69, 9.17) is 4.74 Å². The Morgan fingerprint density at radius 1 is 1.30 bits per heavy atom. The van der Waals surface area contributed by atoms with Gasteiger partial charge in [0.25, 0.3) is 0 Å². The molecule has 1 atom stereocenters. The molecule has 0 aromatic rings. The largest absolute Gasteiger partial charge is 0.390 e. The second-order valence-corrected chi connectivity index (χ2v) is 5.08. The van der Waals surface area contributed by atoms with Crippen molar-refractivity contribution in [3.63, 3.8) is 0 Å². The molecule has 0 amide bonds. The van der Waals surface area contributed by atoms with Crippen molar-refractivity contribution in [2.24, 2.45) is 0 Å². The van der Waals surface area contributed by atoms with E-state index in [-0.39, 0.29) is 0 Å². The van der Waals surface area contributed by atoms with Crippen molar-refractivity contribution in [1.29, 1.82) is 0 Å². The Labute approximate surface area is 121 Å². The topological polar surface area (TPSA) is 41.5 Å². The van der Waals surface area contributed by atoms with Crippen LogP contribution >= 0.6 is 0 Å². The van der Waals surface area contributed by atoms with Crippen LogP contribution < -0.4 is 5.32 Å². The first-order valence-corrected chi connectivity index (χ1v) is 7.12. The van der Waals surface area contributed by atoms with Crippen LogP contribution in [0.25, 0.3) is 0 Å². The maximum Gasteiger partial charge on any atom is 0.0813 e. The first kappa shape index (κ1) is 15.0. The number of hydrogen-bond donors (Lipinski definition) is 2. The van der Waals surface area contributed by atoms with Gasteiger partial charge in [0.15, 0.2) is 0 Å². The van der Waals surface area contributed by atoms with Crippen molar-refractivity contribution in [2.45, 2.75) is 18.9 Å². The van der Waals surface area contributed by atoms with Crippen molar-refractivity contribution >= 4 is 0 Å². The molecule has 0 saturated carbocycles. The van der Waals surface area contributed by atoms with E-state index in [1.807, 2.05) is 12.2 Å². The smallest absolute Gasteiger partial charge is 0.0813 e. The summed E-state index contributed by atoms with van der Waals surface area (Å²) in [6, 6.07) is 0. The minimum Gasteiger partial charge on any atom is -0.390 e. The van der Waals surface area contributed by atoms with Crippen molar-refractivity contribution in [1.82, 2.24) is 5.32 Å². The van der Waals surface area contributed by atoms with Crippen molar-refractivity contribution in [2.75, 3.05) is 26.8 Å². The molecule has 1 aliphatic heterocycles. The fourth-order valence-electron chi connectivity index (χ4n) is 2.40. The van der Waals surface area contributed by atoms with Crippen molar-refractivity contribution in [3.8, 4) is 0 Å². The van der Waals surface area contributed by atoms with Gasteiger partial charge in [0.1, 0.15) is 0 Å². The summed E-state index contributed by atoms with van der Waals surface area (Å²) in [6.07, 6.45) is 16.0. The summed E-state index contributed by atoms with van der Waals surface area (Å²) in [7, 11) is 1.61. The molecule has 108 valence electrons. The molecule has 2 rings (SSSR count). The van der Waals surface area contributed by atoms with Gasteiger partial charge in [0.05, 0.1) is 12.7 Å². The predicted molar refractivity (Wildman–Crippen MR) is 82.5 cm³/mol. The number of ether oxygens (including phenoxy) is 1. The van der Waals surface area contributed by atoms with Crippen LogP contribution in [0, 0.1) is 0 Å². The lowest BCUT2D eigenvalue weighted by molar-refractivity contribution is 0.0655. The highest BCUT2D eigenvalue weighted by Crippen LogP contribution is 2.20. The Bertz CT molecular complexity index is 469. The summed E-state index contributed by atoms with van der Waals surface area (Å²) in [5.41, 5.74) is 3.77. The average Bonchev–Trinajstić information content (AvgIpc) is 2.43. The standard InChI is InChI=1S/C17H23NO2/c1-20-13-17(19)12-14-4-2-3-5-15(7-6-14)16-8-10-18-11-9-16/h2-8,17-19H,9-13H2,1H3/b3-2+,4-2?,5-3?,7-6-,14-4-,14-6?,15-5+,15-7?. The fraction of sp³-hybridized carbons (Fsp3) is 0.412. The second-order valence-electron chi connectivity index (χ2n) is 5.08. The maximum atomic E-state index is 9.82. The van der Waals surface area contributed by atoms with E-state index >= 15 is 0 Å². The summed E-state index contributed by atoms with van der Waals surface area (Å²) in [5, 5.41) is 13.1. The summed E-state index contributed by atoms with van der Waals surface area (Å²) >= 11 is 0. The van der Waals surface area contributed by atoms with Crippen LogP contribution in [0.3, 0.4) is 0 Å². The van der Waals surface area contributed by atoms with Gasteiger partial charge in [-0.3, -0.25) is 0 Å². The van der Waals surface area contributed by atoms with Crippen LogP contribution in [0.2, 0.25) is 0 Å². The molecule has 0 aromatic heterocycles. The molecule has 1 aliphatic carbocycles. The first-order chi connectivity index (χ1) is 9.79. The molecule has 20 heavy (non-hydrogen) atoms. The molecule has 0 bridgehead atoms. The van der Waals surface area contributed by atoms with Crippen molar-refractivity contribution < 1.29 is 9.84 Å². The Morgan fingerprint density at radius 2 is 2.15 bits per heavy atom. The van der Waals surface area contributed by atoms with E-state index in [0.717, 1.165) is 25.1 Å². The molecule has 0 fully saturated rings. The Hall–Kier alpha value is -1.42. The summed E-state index contributed by atoms with van der Waals surface area (Å²) < 4.78 is 4.97. The third-order valence-electron chi connectivity index (χ3n) is 3.44. The Kier molecular flexibility index (Phi) is 5.99. The Morgan fingerprint density at radius 3 is 2.90 bits per heavy atom. The van der Waals surface area contributed by atoms with Gasteiger partial charge in [-0.05, 0) is 29.7 Å². The highest BCUT2D eigenvalue weighted by Gasteiger charge is 2.08. The van der Waals surface area contributed by atoms with E-state index in [1.165, 1.54) is 11.1 Å². The monoisotopic (exact) mass is 273 g/mol. The van der Waals surface area contributed by atoms with Gasteiger partial charge in [-0.1, -0.05) is 42.5 Å². The lowest BCUT2D eigenvalue weighted by Gasteiger charge is -2.16. The molecule has 1 heterocycles. The van der Waals surface area contributed by atoms with Crippen LogP contribution in [0.15, 0.2) is 59.3 Å². The molecule has 0 saturated heterocycles. The summed E-state index contributed by atoms with van der Waals surface area (Å²) in [5.74, 6) is 0. The molecule has 3 nitrogen and oxygen atoms in total. The lowest BCUT2D eigenvalue weighted by atomic mass is 9.96. The van der Waals surface area contributed by atoms with E-state index < -0.39 is 6.10 Å². The summed E-state index contributed by atoms with van der Waals surface area (Å²) in [4.78, 5) is 0. The zero-order valence-electron chi connectivity index (χ0n) is 12.0.